The van der Waals surface area contributed by atoms with Crippen LogP contribution in [0.4, 0.5) is 5.69 Å². The Hall–Kier alpha value is -3.20. The highest BCUT2D eigenvalue weighted by molar-refractivity contribution is 6.12. The predicted molar refractivity (Wildman–Crippen MR) is 157 cm³/mol. The largest absolute Gasteiger partial charge is 0.497 e. The molecule has 3 heterocycles. The number of carbonyl (C=O) groups excluding carboxylic acids is 2. The fraction of sp³-hybridized carbons (Fsp3) is 0.515. The Bertz CT molecular complexity index is 1380. The van der Waals surface area contributed by atoms with Crippen LogP contribution in [0.2, 0.25) is 0 Å². The topological polar surface area (TPSA) is 99.5 Å². The molecular weight excluding hydrogens is 520 g/mol. The van der Waals surface area contributed by atoms with Gasteiger partial charge in [-0.25, -0.2) is 0 Å². The second-order valence-electron chi connectivity index (χ2n) is 12.8. The fourth-order valence-electron chi connectivity index (χ4n) is 7.46. The normalized spacial score (nSPS) is 26.3. The number of ether oxygens (including phenoxy) is 2. The van der Waals surface area contributed by atoms with E-state index < -0.39 is 34.7 Å². The molecule has 2 aromatic carbocycles. The minimum atomic E-state index is -1.40. The van der Waals surface area contributed by atoms with Crippen LogP contribution in [0.5, 0.6) is 5.75 Å². The number of aliphatic hydroxyl groups excluding tert-OH is 1. The number of nitrogens with zero attached hydrogens (tertiary/aromatic N) is 2. The summed E-state index contributed by atoms with van der Waals surface area (Å²) in [5.41, 5.74) is 1.18. The van der Waals surface area contributed by atoms with Crippen LogP contribution in [0.15, 0.2) is 48.5 Å². The van der Waals surface area contributed by atoms with Gasteiger partial charge in [-0.2, -0.15) is 0 Å². The smallest absolute Gasteiger partial charge is 0.265 e. The molecule has 0 unspecified atom stereocenters. The van der Waals surface area contributed by atoms with E-state index in [0.29, 0.717) is 17.9 Å². The van der Waals surface area contributed by atoms with Crippen LogP contribution in [0, 0.1) is 11.8 Å². The summed E-state index contributed by atoms with van der Waals surface area (Å²) in [7, 11) is 1.60. The van der Waals surface area contributed by atoms with Gasteiger partial charge in [-0.05, 0) is 57.9 Å². The van der Waals surface area contributed by atoms with Gasteiger partial charge in [0, 0.05) is 36.1 Å². The lowest BCUT2D eigenvalue weighted by Gasteiger charge is -2.39. The molecule has 2 N–H and O–H groups in total. The third kappa shape index (κ3) is 4.66. The van der Waals surface area contributed by atoms with Crippen molar-refractivity contribution in [1.29, 1.82) is 0 Å². The third-order valence-corrected chi connectivity index (χ3v) is 9.08. The Morgan fingerprint density at radius 3 is 2.49 bits per heavy atom. The van der Waals surface area contributed by atoms with Gasteiger partial charge in [0.15, 0.2) is 5.60 Å². The first-order valence-electron chi connectivity index (χ1n) is 14.4. The first-order valence-corrected chi connectivity index (χ1v) is 14.4. The summed E-state index contributed by atoms with van der Waals surface area (Å²) in [4.78, 5) is 31.8. The molecule has 8 nitrogen and oxygen atoms in total. The zero-order chi connectivity index (χ0) is 29.9. The second-order valence-corrected chi connectivity index (χ2v) is 12.8. The van der Waals surface area contributed by atoms with Crippen molar-refractivity contribution in [2.75, 3.05) is 25.2 Å². The molecule has 0 aromatic heterocycles. The average molecular weight is 563 g/mol. The molecule has 3 aliphatic rings. The molecule has 8 heteroatoms. The van der Waals surface area contributed by atoms with Gasteiger partial charge in [-0.3, -0.25) is 14.5 Å². The Balaban J connectivity index is 1.58. The van der Waals surface area contributed by atoms with Crippen LogP contribution in [0.3, 0.4) is 0 Å². The van der Waals surface area contributed by atoms with E-state index in [9.17, 15) is 19.8 Å². The molecule has 2 amide bonds. The van der Waals surface area contributed by atoms with Crippen molar-refractivity contribution in [3.63, 3.8) is 0 Å². The average Bonchev–Trinajstić information content (AvgIpc) is 3.34. The van der Waals surface area contributed by atoms with Crippen molar-refractivity contribution < 1.29 is 29.3 Å². The standard InChI is InChI=1S/C33H42N2O6/c1-20-18-31(3,4)35-29-24(20)15-23(40-7)16-25(29)33(30(35)38)21(2)28(32(5,6)39)26(41-33)17-27(37)34(13-14-36)19-22-11-9-8-10-12-22/h8-12,15-16,18,21,26,28,36,39H,13-14,17,19H2,1-7H3/t21-,26+,28-,33+/m1/s1. The SMILES string of the molecule is COc1cc2c3c(c1)[C@]1(O[C@@H](CC(=O)N(CCO)Cc4ccccc4)[C@H](C(C)(C)O)[C@H]1C)C(=O)N3C(C)(C)C=C2C. The first-order chi connectivity index (χ1) is 19.3. The molecule has 0 radical (unpaired) electrons. The maximum Gasteiger partial charge on any atom is 0.265 e. The molecule has 0 bridgehead atoms. The van der Waals surface area contributed by atoms with Crippen molar-refractivity contribution in [3.05, 3.63) is 65.2 Å². The molecule has 1 saturated heterocycles. The molecule has 0 saturated carbocycles. The molecule has 1 spiro atoms. The summed E-state index contributed by atoms with van der Waals surface area (Å²) >= 11 is 0. The summed E-state index contributed by atoms with van der Waals surface area (Å²) in [6, 6.07) is 13.4. The molecule has 2 aromatic rings. The van der Waals surface area contributed by atoms with Crippen molar-refractivity contribution in [2.45, 2.75) is 77.4 Å². The third-order valence-electron chi connectivity index (χ3n) is 9.08. The number of hydrogen-bond acceptors (Lipinski definition) is 6. The number of methoxy groups -OCH3 is 1. The zero-order valence-corrected chi connectivity index (χ0v) is 25.1. The lowest BCUT2D eigenvalue weighted by molar-refractivity contribution is -0.151. The number of aliphatic hydroxyl groups is 2. The monoisotopic (exact) mass is 562 g/mol. The van der Waals surface area contributed by atoms with E-state index >= 15 is 0 Å². The number of rotatable bonds is 8. The van der Waals surface area contributed by atoms with Gasteiger partial charge in [-0.15, -0.1) is 0 Å². The summed E-state index contributed by atoms with van der Waals surface area (Å²) < 4.78 is 12.5. The molecule has 0 aliphatic carbocycles. The van der Waals surface area contributed by atoms with Crippen LogP contribution in [-0.4, -0.2) is 64.4 Å². The highest BCUT2D eigenvalue weighted by Crippen LogP contribution is 2.61. The zero-order valence-electron chi connectivity index (χ0n) is 25.1. The maximum atomic E-state index is 14.6. The summed E-state index contributed by atoms with van der Waals surface area (Å²) in [6.45, 7) is 11.8. The number of carbonyl (C=O) groups is 2. The summed E-state index contributed by atoms with van der Waals surface area (Å²) in [6.07, 6.45) is 1.31. The highest BCUT2D eigenvalue weighted by atomic mass is 16.5. The number of hydrogen-bond donors (Lipinski definition) is 2. The quantitative estimate of drug-likeness (QED) is 0.499. The molecule has 220 valence electrons. The van der Waals surface area contributed by atoms with Crippen LogP contribution >= 0.6 is 0 Å². The summed E-state index contributed by atoms with van der Waals surface area (Å²) in [5.74, 6) is -0.756. The van der Waals surface area contributed by atoms with Crippen molar-refractivity contribution in [2.24, 2.45) is 11.8 Å². The van der Waals surface area contributed by atoms with E-state index in [2.05, 4.69) is 6.08 Å². The van der Waals surface area contributed by atoms with Gasteiger partial charge in [0.1, 0.15) is 5.75 Å². The highest BCUT2D eigenvalue weighted by Gasteiger charge is 2.68. The number of fused-ring (bicyclic) bond motifs is 1. The molecule has 4 atom stereocenters. The number of anilines is 1. The van der Waals surface area contributed by atoms with Crippen LogP contribution < -0.4 is 9.64 Å². The van der Waals surface area contributed by atoms with E-state index in [-0.39, 0.29) is 31.4 Å². The van der Waals surface area contributed by atoms with E-state index in [1.54, 1.807) is 25.9 Å². The molecule has 5 rings (SSSR count). The number of benzene rings is 2. The van der Waals surface area contributed by atoms with Crippen LogP contribution in [0.1, 0.15) is 64.7 Å². The molecule has 41 heavy (non-hydrogen) atoms. The Morgan fingerprint density at radius 1 is 1.20 bits per heavy atom. The number of amides is 2. The Kier molecular flexibility index (Phi) is 7.33. The van der Waals surface area contributed by atoms with E-state index in [1.165, 1.54) is 0 Å². The van der Waals surface area contributed by atoms with Crippen molar-refractivity contribution >= 4 is 23.1 Å². The lowest BCUT2D eigenvalue weighted by atomic mass is 9.70. The van der Waals surface area contributed by atoms with Gasteiger partial charge in [-0.1, -0.05) is 43.3 Å². The van der Waals surface area contributed by atoms with Crippen LogP contribution in [-0.2, 0) is 26.5 Å². The summed E-state index contributed by atoms with van der Waals surface area (Å²) in [5, 5.41) is 21.2. The molecule has 1 fully saturated rings. The maximum absolute atomic E-state index is 14.6. The van der Waals surface area contributed by atoms with E-state index in [0.717, 1.165) is 22.4 Å². The fourth-order valence-corrected chi connectivity index (χ4v) is 7.46. The van der Waals surface area contributed by atoms with Gasteiger partial charge in [0.05, 0.1) is 43.1 Å². The van der Waals surface area contributed by atoms with Crippen LogP contribution in [0.25, 0.3) is 5.57 Å². The van der Waals surface area contributed by atoms with Gasteiger partial charge in [0.25, 0.3) is 5.91 Å². The Labute approximate surface area is 242 Å². The van der Waals surface area contributed by atoms with Crippen molar-refractivity contribution in [3.8, 4) is 5.75 Å². The second kappa shape index (κ2) is 10.3. The minimum absolute atomic E-state index is 0.0340. The molecular formula is C33H42N2O6. The van der Waals surface area contributed by atoms with Crippen molar-refractivity contribution in [1.82, 2.24) is 4.90 Å². The Morgan fingerprint density at radius 2 is 1.88 bits per heavy atom. The van der Waals surface area contributed by atoms with Gasteiger partial charge < -0.3 is 24.6 Å². The predicted octanol–water partition coefficient (Wildman–Crippen LogP) is 4.27. The first kappa shape index (κ1) is 29.3. The molecule has 3 aliphatic heterocycles. The van der Waals surface area contributed by atoms with Gasteiger partial charge >= 0.3 is 0 Å². The minimum Gasteiger partial charge on any atom is -0.497 e. The number of allylic oxidation sites excluding steroid dienone is 1. The van der Waals surface area contributed by atoms with E-state index in [4.69, 9.17) is 9.47 Å². The lowest BCUT2D eigenvalue weighted by Crippen LogP contribution is -2.53. The van der Waals surface area contributed by atoms with Gasteiger partial charge in [0.2, 0.25) is 5.91 Å². The van der Waals surface area contributed by atoms with E-state index in [1.807, 2.05) is 75.1 Å².